The van der Waals surface area contributed by atoms with Gasteiger partial charge in [-0.2, -0.15) is 0 Å². The number of nitrogens with zero attached hydrogens (tertiary/aromatic N) is 1. The predicted molar refractivity (Wildman–Crippen MR) is 81.5 cm³/mol. The number of rotatable bonds is 8. The zero-order chi connectivity index (χ0) is 14.9. The Morgan fingerprint density at radius 2 is 2.14 bits per heavy atom. The molecule has 1 heterocycles. The summed E-state index contributed by atoms with van der Waals surface area (Å²) < 4.78 is 10.4. The fourth-order valence-corrected chi connectivity index (χ4v) is 2.50. The number of methoxy groups -OCH3 is 1. The molecular weight excluding hydrogens is 288 g/mol. The molecule has 0 aliphatic carbocycles. The Balaban J connectivity index is 1.64. The quantitative estimate of drug-likeness (QED) is 0.810. The smallest absolute Gasteiger partial charge is 0.257 e. The van der Waals surface area contributed by atoms with E-state index in [4.69, 9.17) is 9.47 Å². The maximum Gasteiger partial charge on any atom is 0.257 e. The summed E-state index contributed by atoms with van der Waals surface area (Å²) in [7, 11) is 1.65. The van der Waals surface area contributed by atoms with Crippen molar-refractivity contribution in [2.24, 2.45) is 0 Å². The number of amides is 1. The highest BCUT2D eigenvalue weighted by molar-refractivity contribution is 7.09. The molecule has 0 aliphatic heterocycles. The van der Waals surface area contributed by atoms with Crippen molar-refractivity contribution < 1.29 is 14.3 Å². The molecule has 6 heteroatoms. The first-order chi connectivity index (χ1) is 10.3. The van der Waals surface area contributed by atoms with Crippen molar-refractivity contribution >= 4 is 17.2 Å². The van der Waals surface area contributed by atoms with Crippen molar-refractivity contribution in [3.63, 3.8) is 0 Å². The molecule has 2 aromatic rings. The van der Waals surface area contributed by atoms with Crippen molar-refractivity contribution in [1.29, 1.82) is 0 Å². The van der Waals surface area contributed by atoms with Crippen LogP contribution in [0.5, 0.6) is 5.75 Å². The van der Waals surface area contributed by atoms with Crippen LogP contribution in [0.2, 0.25) is 0 Å². The van der Waals surface area contributed by atoms with Crippen LogP contribution in [0.15, 0.2) is 35.7 Å². The minimum Gasteiger partial charge on any atom is -0.484 e. The second-order valence-electron chi connectivity index (χ2n) is 4.37. The molecule has 1 aromatic heterocycles. The SMILES string of the molecule is COCc1nc(CCNC(=O)COc2ccccc2)cs1. The Morgan fingerprint density at radius 1 is 1.33 bits per heavy atom. The van der Waals surface area contributed by atoms with Gasteiger partial charge in [0.1, 0.15) is 10.8 Å². The number of hydrogen-bond acceptors (Lipinski definition) is 5. The van der Waals surface area contributed by atoms with Gasteiger partial charge in [0.15, 0.2) is 6.61 Å². The van der Waals surface area contributed by atoms with Crippen molar-refractivity contribution in [3.05, 3.63) is 46.4 Å². The molecule has 0 spiro atoms. The van der Waals surface area contributed by atoms with Crippen LogP contribution in [-0.2, 0) is 22.6 Å². The van der Waals surface area contributed by atoms with Crippen molar-refractivity contribution in [3.8, 4) is 5.75 Å². The maximum absolute atomic E-state index is 11.6. The second-order valence-corrected chi connectivity index (χ2v) is 5.31. The van der Waals surface area contributed by atoms with Gasteiger partial charge in [-0.3, -0.25) is 4.79 Å². The fraction of sp³-hybridized carbons (Fsp3) is 0.333. The van der Waals surface area contributed by atoms with Crippen LogP contribution >= 0.6 is 11.3 Å². The van der Waals surface area contributed by atoms with Gasteiger partial charge in [-0.25, -0.2) is 4.98 Å². The average Bonchev–Trinajstić information content (AvgIpc) is 2.94. The molecule has 21 heavy (non-hydrogen) atoms. The number of carbonyl (C=O) groups is 1. The minimum atomic E-state index is -0.133. The van der Waals surface area contributed by atoms with E-state index < -0.39 is 0 Å². The molecule has 0 fully saturated rings. The number of carbonyl (C=O) groups excluding carboxylic acids is 1. The average molecular weight is 306 g/mol. The van der Waals surface area contributed by atoms with Crippen molar-refractivity contribution in [2.75, 3.05) is 20.3 Å². The van der Waals surface area contributed by atoms with Crippen LogP contribution in [0.4, 0.5) is 0 Å². The Bertz CT molecular complexity index is 557. The van der Waals surface area contributed by atoms with Gasteiger partial charge in [-0.15, -0.1) is 11.3 Å². The highest BCUT2D eigenvalue weighted by Crippen LogP contribution is 2.11. The Kier molecular flexibility index (Phi) is 6.18. The van der Waals surface area contributed by atoms with Crippen LogP contribution in [0.1, 0.15) is 10.7 Å². The van der Waals surface area contributed by atoms with Gasteiger partial charge in [0, 0.05) is 25.5 Å². The zero-order valence-corrected chi connectivity index (χ0v) is 12.7. The number of aromatic nitrogens is 1. The lowest BCUT2D eigenvalue weighted by atomic mass is 10.3. The molecule has 0 bridgehead atoms. The van der Waals surface area contributed by atoms with E-state index in [9.17, 15) is 4.79 Å². The van der Waals surface area contributed by atoms with Gasteiger partial charge < -0.3 is 14.8 Å². The number of para-hydroxylation sites is 1. The summed E-state index contributed by atoms with van der Waals surface area (Å²) in [4.78, 5) is 16.0. The number of nitrogens with one attached hydrogen (secondary N) is 1. The third-order valence-electron chi connectivity index (χ3n) is 2.68. The Morgan fingerprint density at radius 3 is 2.90 bits per heavy atom. The fourth-order valence-electron chi connectivity index (χ4n) is 1.70. The molecule has 2 rings (SSSR count). The maximum atomic E-state index is 11.6. The lowest BCUT2D eigenvalue weighted by Gasteiger charge is -2.06. The summed E-state index contributed by atoms with van der Waals surface area (Å²) in [6, 6.07) is 9.28. The van der Waals surface area contributed by atoms with Gasteiger partial charge in [-0.05, 0) is 12.1 Å². The Hall–Kier alpha value is -1.92. The molecule has 0 saturated heterocycles. The third-order valence-corrected chi connectivity index (χ3v) is 3.55. The summed E-state index contributed by atoms with van der Waals surface area (Å²) in [6.45, 7) is 1.10. The first kappa shape index (κ1) is 15.5. The molecule has 1 N–H and O–H groups in total. The van der Waals surface area contributed by atoms with Crippen LogP contribution in [-0.4, -0.2) is 31.2 Å². The van der Waals surface area contributed by atoms with E-state index in [1.807, 2.05) is 35.7 Å². The molecule has 0 aliphatic rings. The van der Waals surface area contributed by atoms with Crippen LogP contribution in [0.3, 0.4) is 0 Å². The molecule has 1 amide bonds. The predicted octanol–water partition coefficient (Wildman–Crippen LogP) is 2.03. The number of benzene rings is 1. The summed E-state index contributed by atoms with van der Waals surface area (Å²) in [5.74, 6) is 0.558. The van der Waals surface area contributed by atoms with E-state index in [-0.39, 0.29) is 12.5 Å². The molecule has 5 nitrogen and oxygen atoms in total. The van der Waals surface area contributed by atoms with E-state index in [0.29, 0.717) is 25.3 Å². The summed E-state index contributed by atoms with van der Waals surface area (Å²) in [5.41, 5.74) is 0.969. The summed E-state index contributed by atoms with van der Waals surface area (Å²) in [6.07, 6.45) is 0.706. The van der Waals surface area contributed by atoms with E-state index in [1.165, 1.54) is 0 Å². The highest BCUT2D eigenvalue weighted by atomic mass is 32.1. The molecule has 0 radical (unpaired) electrons. The largest absolute Gasteiger partial charge is 0.484 e. The minimum absolute atomic E-state index is 0.0238. The van der Waals surface area contributed by atoms with Gasteiger partial charge in [0.25, 0.3) is 5.91 Å². The van der Waals surface area contributed by atoms with E-state index >= 15 is 0 Å². The molecular formula is C15H18N2O3S. The molecule has 1 aromatic carbocycles. The number of ether oxygens (including phenoxy) is 2. The molecule has 0 atom stereocenters. The molecule has 112 valence electrons. The Labute approximate surface area is 127 Å². The van der Waals surface area contributed by atoms with Crippen LogP contribution in [0.25, 0.3) is 0 Å². The van der Waals surface area contributed by atoms with Gasteiger partial charge >= 0.3 is 0 Å². The number of hydrogen-bond donors (Lipinski definition) is 1. The van der Waals surface area contributed by atoms with E-state index in [2.05, 4.69) is 10.3 Å². The van der Waals surface area contributed by atoms with E-state index in [1.54, 1.807) is 18.4 Å². The third kappa shape index (κ3) is 5.53. The van der Waals surface area contributed by atoms with Crippen LogP contribution < -0.4 is 10.1 Å². The lowest BCUT2D eigenvalue weighted by molar-refractivity contribution is -0.123. The summed E-state index contributed by atoms with van der Waals surface area (Å²) in [5, 5.41) is 5.75. The molecule has 0 unspecified atom stereocenters. The summed E-state index contributed by atoms with van der Waals surface area (Å²) >= 11 is 1.57. The van der Waals surface area contributed by atoms with Crippen molar-refractivity contribution in [2.45, 2.75) is 13.0 Å². The second kappa shape index (κ2) is 8.39. The standard InChI is InChI=1S/C15H18N2O3S/c1-19-10-15-17-12(11-21-15)7-8-16-14(18)9-20-13-5-3-2-4-6-13/h2-6,11H,7-10H2,1H3,(H,16,18). The normalized spacial score (nSPS) is 10.3. The molecule has 0 saturated carbocycles. The van der Waals surface area contributed by atoms with Gasteiger partial charge in [-0.1, -0.05) is 18.2 Å². The topological polar surface area (TPSA) is 60.5 Å². The van der Waals surface area contributed by atoms with Gasteiger partial charge in [0.2, 0.25) is 0 Å². The van der Waals surface area contributed by atoms with Gasteiger partial charge in [0.05, 0.1) is 12.3 Å². The highest BCUT2D eigenvalue weighted by Gasteiger charge is 2.04. The first-order valence-electron chi connectivity index (χ1n) is 6.64. The zero-order valence-electron chi connectivity index (χ0n) is 11.9. The van der Waals surface area contributed by atoms with E-state index in [0.717, 1.165) is 10.7 Å². The van der Waals surface area contributed by atoms with Crippen LogP contribution in [0, 0.1) is 0 Å². The number of thiazole rings is 1. The van der Waals surface area contributed by atoms with Crippen molar-refractivity contribution in [1.82, 2.24) is 10.3 Å². The lowest BCUT2D eigenvalue weighted by Crippen LogP contribution is -2.30. The monoisotopic (exact) mass is 306 g/mol. The first-order valence-corrected chi connectivity index (χ1v) is 7.52.